The SMILES string of the molecule is COCc1c(F)ccc(C)c1C=O. The molecule has 0 aliphatic heterocycles. The molecule has 0 aromatic heterocycles. The Morgan fingerprint density at radius 3 is 2.77 bits per heavy atom. The zero-order valence-corrected chi connectivity index (χ0v) is 7.63. The van der Waals surface area contributed by atoms with Crippen molar-refractivity contribution in [2.45, 2.75) is 13.5 Å². The summed E-state index contributed by atoms with van der Waals surface area (Å²) in [6.07, 6.45) is 0.659. The maximum atomic E-state index is 13.2. The standard InChI is InChI=1S/C10H11FO2/c1-7-3-4-10(11)9(6-13-2)8(7)5-12/h3-5H,6H2,1-2H3. The molecule has 0 amide bonds. The molecule has 1 rings (SSSR count). The van der Waals surface area contributed by atoms with E-state index in [1.807, 2.05) is 0 Å². The van der Waals surface area contributed by atoms with E-state index in [1.165, 1.54) is 13.2 Å². The monoisotopic (exact) mass is 182 g/mol. The lowest BCUT2D eigenvalue weighted by Gasteiger charge is -2.07. The Bertz CT molecular complexity index is 321. The zero-order valence-electron chi connectivity index (χ0n) is 7.63. The lowest BCUT2D eigenvalue weighted by molar-refractivity contribution is 0.111. The third-order valence-corrected chi connectivity index (χ3v) is 1.92. The van der Waals surface area contributed by atoms with E-state index < -0.39 is 5.82 Å². The van der Waals surface area contributed by atoms with Crippen molar-refractivity contribution in [1.29, 1.82) is 0 Å². The lowest BCUT2D eigenvalue weighted by atomic mass is 10.0. The first kappa shape index (κ1) is 9.86. The molecule has 2 nitrogen and oxygen atoms in total. The summed E-state index contributed by atoms with van der Waals surface area (Å²) < 4.78 is 18.0. The van der Waals surface area contributed by atoms with E-state index in [0.717, 1.165) is 5.56 Å². The summed E-state index contributed by atoms with van der Waals surface area (Å²) in [5.41, 5.74) is 1.49. The Morgan fingerprint density at radius 2 is 2.23 bits per heavy atom. The van der Waals surface area contributed by atoms with Gasteiger partial charge in [0, 0.05) is 18.2 Å². The van der Waals surface area contributed by atoms with Crippen molar-refractivity contribution in [2.75, 3.05) is 7.11 Å². The van der Waals surface area contributed by atoms with Crippen molar-refractivity contribution in [2.24, 2.45) is 0 Å². The summed E-state index contributed by atoms with van der Waals surface area (Å²) in [6, 6.07) is 2.93. The number of rotatable bonds is 3. The molecule has 1 aromatic rings. The van der Waals surface area contributed by atoms with Crippen molar-refractivity contribution in [1.82, 2.24) is 0 Å². The first-order valence-corrected chi connectivity index (χ1v) is 3.92. The second-order valence-corrected chi connectivity index (χ2v) is 2.81. The quantitative estimate of drug-likeness (QED) is 0.669. The number of methoxy groups -OCH3 is 1. The van der Waals surface area contributed by atoms with E-state index in [-0.39, 0.29) is 6.61 Å². The summed E-state index contributed by atoms with van der Waals surface area (Å²) in [5, 5.41) is 0. The number of halogens is 1. The van der Waals surface area contributed by atoms with E-state index in [1.54, 1.807) is 13.0 Å². The van der Waals surface area contributed by atoms with Crippen LogP contribution < -0.4 is 0 Å². The Labute approximate surface area is 76.3 Å². The molecule has 0 heterocycles. The molecule has 70 valence electrons. The Hall–Kier alpha value is -1.22. The fraction of sp³-hybridized carbons (Fsp3) is 0.300. The van der Waals surface area contributed by atoms with E-state index in [9.17, 15) is 9.18 Å². The molecule has 3 heteroatoms. The van der Waals surface area contributed by atoms with Gasteiger partial charge in [0.2, 0.25) is 0 Å². The average molecular weight is 182 g/mol. The van der Waals surface area contributed by atoms with Crippen LogP contribution in [0.5, 0.6) is 0 Å². The molecule has 0 unspecified atom stereocenters. The van der Waals surface area contributed by atoms with Gasteiger partial charge in [-0.05, 0) is 18.6 Å². The minimum absolute atomic E-state index is 0.127. The van der Waals surface area contributed by atoms with E-state index in [0.29, 0.717) is 17.4 Å². The molecule has 1 aromatic carbocycles. The van der Waals surface area contributed by atoms with E-state index in [4.69, 9.17) is 4.74 Å². The number of hydrogen-bond acceptors (Lipinski definition) is 2. The van der Waals surface area contributed by atoms with Crippen molar-refractivity contribution >= 4 is 6.29 Å². The van der Waals surface area contributed by atoms with Gasteiger partial charge in [-0.1, -0.05) is 6.07 Å². The molecular formula is C10H11FO2. The number of hydrogen-bond donors (Lipinski definition) is 0. The molecule has 0 aliphatic carbocycles. The van der Waals surface area contributed by atoms with Crippen LogP contribution in [0.4, 0.5) is 4.39 Å². The predicted molar refractivity (Wildman–Crippen MR) is 47.2 cm³/mol. The normalized spacial score (nSPS) is 10.1. The van der Waals surface area contributed by atoms with E-state index >= 15 is 0 Å². The van der Waals surface area contributed by atoms with Crippen LogP contribution in [-0.4, -0.2) is 13.4 Å². The molecule has 0 atom stereocenters. The van der Waals surface area contributed by atoms with Crippen LogP contribution >= 0.6 is 0 Å². The third kappa shape index (κ3) is 1.92. The second kappa shape index (κ2) is 4.14. The van der Waals surface area contributed by atoms with E-state index in [2.05, 4.69) is 0 Å². The first-order chi connectivity index (χ1) is 6.20. The fourth-order valence-corrected chi connectivity index (χ4v) is 1.21. The minimum Gasteiger partial charge on any atom is -0.380 e. The molecule has 0 aliphatic rings. The molecule has 0 fully saturated rings. The van der Waals surface area contributed by atoms with Gasteiger partial charge >= 0.3 is 0 Å². The largest absolute Gasteiger partial charge is 0.380 e. The van der Waals surface area contributed by atoms with Gasteiger partial charge in [-0.25, -0.2) is 4.39 Å². The van der Waals surface area contributed by atoms with Crippen LogP contribution in [0.15, 0.2) is 12.1 Å². The highest BCUT2D eigenvalue weighted by molar-refractivity contribution is 5.79. The van der Waals surface area contributed by atoms with Gasteiger partial charge in [0.15, 0.2) is 6.29 Å². The fourth-order valence-electron chi connectivity index (χ4n) is 1.21. The lowest BCUT2D eigenvalue weighted by Crippen LogP contribution is -2.01. The molecule has 0 saturated carbocycles. The van der Waals surface area contributed by atoms with Crippen LogP contribution in [-0.2, 0) is 11.3 Å². The highest BCUT2D eigenvalue weighted by Gasteiger charge is 2.09. The molecule has 13 heavy (non-hydrogen) atoms. The maximum Gasteiger partial charge on any atom is 0.150 e. The Balaban J connectivity index is 3.25. The van der Waals surface area contributed by atoms with Gasteiger partial charge in [0.1, 0.15) is 5.82 Å². The van der Waals surface area contributed by atoms with Gasteiger partial charge in [-0.15, -0.1) is 0 Å². The summed E-state index contributed by atoms with van der Waals surface area (Å²) >= 11 is 0. The Kier molecular flexibility index (Phi) is 3.14. The third-order valence-electron chi connectivity index (χ3n) is 1.92. The maximum absolute atomic E-state index is 13.2. The van der Waals surface area contributed by atoms with Crippen molar-refractivity contribution in [3.05, 3.63) is 34.6 Å². The van der Waals surface area contributed by atoms with Crippen LogP contribution in [0.3, 0.4) is 0 Å². The van der Waals surface area contributed by atoms with Crippen molar-refractivity contribution in [3.8, 4) is 0 Å². The molecule has 0 radical (unpaired) electrons. The van der Waals surface area contributed by atoms with Gasteiger partial charge < -0.3 is 4.74 Å². The molecule has 0 bridgehead atoms. The smallest absolute Gasteiger partial charge is 0.150 e. The molecule has 0 saturated heterocycles. The summed E-state index contributed by atoms with van der Waals surface area (Å²) in [6.45, 7) is 1.89. The number of ether oxygens (including phenoxy) is 1. The van der Waals surface area contributed by atoms with Gasteiger partial charge in [0.25, 0.3) is 0 Å². The molecule has 0 N–H and O–H groups in total. The highest BCUT2D eigenvalue weighted by Crippen LogP contribution is 2.16. The summed E-state index contributed by atoms with van der Waals surface area (Å²) in [5.74, 6) is -0.394. The predicted octanol–water partition coefficient (Wildman–Crippen LogP) is 2.09. The minimum atomic E-state index is -0.394. The number of aldehydes is 1. The van der Waals surface area contributed by atoms with Crippen molar-refractivity contribution in [3.63, 3.8) is 0 Å². The number of carbonyl (C=O) groups is 1. The van der Waals surface area contributed by atoms with Crippen LogP contribution in [0.1, 0.15) is 21.5 Å². The first-order valence-electron chi connectivity index (χ1n) is 3.92. The second-order valence-electron chi connectivity index (χ2n) is 2.81. The highest BCUT2D eigenvalue weighted by atomic mass is 19.1. The average Bonchev–Trinajstić information content (AvgIpc) is 2.12. The van der Waals surface area contributed by atoms with Crippen LogP contribution in [0, 0.1) is 12.7 Å². The van der Waals surface area contributed by atoms with Crippen LogP contribution in [0.2, 0.25) is 0 Å². The summed E-state index contributed by atoms with van der Waals surface area (Å²) in [7, 11) is 1.47. The molecule has 0 spiro atoms. The summed E-state index contributed by atoms with van der Waals surface area (Å²) in [4.78, 5) is 10.7. The molecular weight excluding hydrogens is 171 g/mol. The van der Waals surface area contributed by atoms with Gasteiger partial charge in [-0.3, -0.25) is 4.79 Å². The van der Waals surface area contributed by atoms with Gasteiger partial charge in [-0.2, -0.15) is 0 Å². The number of benzene rings is 1. The van der Waals surface area contributed by atoms with Crippen molar-refractivity contribution < 1.29 is 13.9 Å². The number of aryl methyl sites for hydroxylation is 1. The number of carbonyl (C=O) groups excluding carboxylic acids is 1. The van der Waals surface area contributed by atoms with Gasteiger partial charge in [0.05, 0.1) is 6.61 Å². The Morgan fingerprint density at radius 1 is 1.54 bits per heavy atom. The topological polar surface area (TPSA) is 26.3 Å². The zero-order chi connectivity index (χ0) is 9.84. The van der Waals surface area contributed by atoms with Crippen LogP contribution in [0.25, 0.3) is 0 Å².